The summed E-state index contributed by atoms with van der Waals surface area (Å²) in [7, 11) is 0. The predicted octanol–water partition coefficient (Wildman–Crippen LogP) is 1.77. The second-order valence-corrected chi connectivity index (χ2v) is 3.90. The van der Waals surface area contributed by atoms with E-state index in [1.54, 1.807) is 18.3 Å². The van der Waals surface area contributed by atoms with Crippen LogP contribution in [0.2, 0.25) is 0 Å². The lowest BCUT2D eigenvalue weighted by atomic mass is 10.1. The van der Waals surface area contributed by atoms with E-state index in [1.807, 2.05) is 13.0 Å². The minimum atomic E-state index is 0.245. The van der Waals surface area contributed by atoms with Crippen molar-refractivity contribution in [3.8, 4) is 6.07 Å². The van der Waals surface area contributed by atoms with Gasteiger partial charge in [-0.25, -0.2) is 4.98 Å². The van der Waals surface area contributed by atoms with E-state index in [-0.39, 0.29) is 6.61 Å². The van der Waals surface area contributed by atoms with E-state index in [0.717, 1.165) is 25.2 Å². The van der Waals surface area contributed by atoms with Gasteiger partial charge in [0.25, 0.3) is 0 Å². The van der Waals surface area contributed by atoms with Crippen molar-refractivity contribution in [3.63, 3.8) is 0 Å². The first-order valence-corrected chi connectivity index (χ1v) is 5.47. The molecule has 0 aliphatic heterocycles. The molecule has 16 heavy (non-hydrogen) atoms. The molecule has 4 nitrogen and oxygen atoms in total. The molecule has 0 aliphatic rings. The van der Waals surface area contributed by atoms with Crippen LogP contribution in [0, 0.1) is 17.2 Å². The Morgan fingerprint density at radius 1 is 1.56 bits per heavy atom. The Labute approximate surface area is 95.9 Å². The minimum Gasteiger partial charge on any atom is -0.396 e. The average molecular weight is 219 g/mol. The minimum absolute atomic E-state index is 0.245. The average Bonchev–Trinajstić information content (AvgIpc) is 2.35. The third kappa shape index (κ3) is 4.28. The molecule has 0 saturated carbocycles. The summed E-state index contributed by atoms with van der Waals surface area (Å²) in [5.41, 5.74) is 0.569. The standard InChI is InChI=1S/C12H17N3O/c1-10(9-16)3-2-6-14-12-5-4-11(7-13)8-15-12/h4-5,8,10,16H,2-3,6,9H2,1H3,(H,14,15). The Balaban J connectivity index is 2.25. The summed E-state index contributed by atoms with van der Waals surface area (Å²) < 4.78 is 0. The van der Waals surface area contributed by atoms with Crippen molar-refractivity contribution in [2.45, 2.75) is 19.8 Å². The molecule has 2 N–H and O–H groups in total. The van der Waals surface area contributed by atoms with E-state index in [2.05, 4.69) is 10.3 Å². The maximum absolute atomic E-state index is 8.85. The fraction of sp³-hybridized carbons (Fsp3) is 0.500. The van der Waals surface area contributed by atoms with Crippen LogP contribution < -0.4 is 5.32 Å². The molecular formula is C12H17N3O. The Bertz CT molecular complexity index is 342. The topological polar surface area (TPSA) is 68.9 Å². The summed E-state index contributed by atoms with van der Waals surface area (Å²) >= 11 is 0. The molecule has 1 aromatic rings. The molecule has 0 saturated heterocycles. The summed E-state index contributed by atoms with van der Waals surface area (Å²) in [5.74, 6) is 1.14. The molecule has 0 bridgehead atoms. The second kappa shape index (κ2) is 6.81. The third-order valence-electron chi connectivity index (χ3n) is 2.38. The predicted molar refractivity (Wildman–Crippen MR) is 62.9 cm³/mol. The Morgan fingerprint density at radius 3 is 2.94 bits per heavy atom. The van der Waals surface area contributed by atoms with Crippen LogP contribution in [-0.2, 0) is 0 Å². The van der Waals surface area contributed by atoms with Gasteiger partial charge in [-0.2, -0.15) is 5.26 Å². The van der Waals surface area contributed by atoms with E-state index in [9.17, 15) is 0 Å². The molecule has 0 amide bonds. The molecule has 4 heteroatoms. The lowest BCUT2D eigenvalue weighted by molar-refractivity contribution is 0.229. The number of hydrogen-bond acceptors (Lipinski definition) is 4. The highest BCUT2D eigenvalue weighted by Gasteiger charge is 1.99. The van der Waals surface area contributed by atoms with E-state index in [1.165, 1.54) is 0 Å². The fourth-order valence-electron chi connectivity index (χ4n) is 1.32. The van der Waals surface area contributed by atoms with Crippen LogP contribution in [-0.4, -0.2) is 23.2 Å². The number of nitriles is 1. The SMILES string of the molecule is CC(CO)CCCNc1ccc(C#N)cn1. The molecule has 1 unspecified atom stereocenters. The van der Waals surface area contributed by atoms with Crippen molar-refractivity contribution >= 4 is 5.82 Å². The highest BCUT2D eigenvalue weighted by molar-refractivity contribution is 5.38. The lowest BCUT2D eigenvalue weighted by Crippen LogP contribution is -2.07. The van der Waals surface area contributed by atoms with Gasteiger partial charge in [-0.3, -0.25) is 0 Å². The van der Waals surface area contributed by atoms with E-state index in [0.29, 0.717) is 11.5 Å². The maximum atomic E-state index is 8.85. The van der Waals surface area contributed by atoms with Gasteiger partial charge in [-0.1, -0.05) is 6.92 Å². The smallest absolute Gasteiger partial charge is 0.125 e. The number of pyridine rings is 1. The fourth-order valence-corrected chi connectivity index (χ4v) is 1.32. The number of nitrogens with one attached hydrogen (secondary N) is 1. The van der Waals surface area contributed by atoms with Gasteiger partial charge < -0.3 is 10.4 Å². The molecule has 0 aliphatic carbocycles. The monoisotopic (exact) mass is 219 g/mol. The van der Waals surface area contributed by atoms with E-state index in [4.69, 9.17) is 10.4 Å². The van der Waals surface area contributed by atoms with E-state index >= 15 is 0 Å². The van der Waals surface area contributed by atoms with Gasteiger partial charge in [-0.05, 0) is 30.9 Å². The largest absolute Gasteiger partial charge is 0.396 e. The van der Waals surface area contributed by atoms with Crippen molar-refractivity contribution in [1.82, 2.24) is 4.98 Å². The molecule has 1 rings (SSSR count). The summed E-state index contributed by atoms with van der Waals surface area (Å²) in [6.45, 7) is 3.11. The Morgan fingerprint density at radius 2 is 2.38 bits per heavy atom. The van der Waals surface area contributed by atoms with Gasteiger partial charge in [-0.15, -0.1) is 0 Å². The van der Waals surface area contributed by atoms with Gasteiger partial charge >= 0.3 is 0 Å². The number of aromatic nitrogens is 1. The van der Waals surface area contributed by atoms with E-state index < -0.39 is 0 Å². The normalized spacial score (nSPS) is 11.8. The lowest BCUT2D eigenvalue weighted by Gasteiger charge is -2.08. The first-order valence-electron chi connectivity index (χ1n) is 5.47. The van der Waals surface area contributed by atoms with Crippen molar-refractivity contribution in [3.05, 3.63) is 23.9 Å². The van der Waals surface area contributed by atoms with Crippen molar-refractivity contribution in [1.29, 1.82) is 5.26 Å². The zero-order valence-electron chi connectivity index (χ0n) is 9.48. The number of aliphatic hydroxyl groups is 1. The number of nitrogens with zero attached hydrogens (tertiary/aromatic N) is 2. The maximum Gasteiger partial charge on any atom is 0.125 e. The van der Waals surface area contributed by atoms with Gasteiger partial charge in [0.2, 0.25) is 0 Å². The second-order valence-electron chi connectivity index (χ2n) is 3.90. The van der Waals surface area contributed by atoms with Crippen LogP contribution in [0.5, 0.6) is 0 Å². The Hall–Kier alpha value is -1.60. The van der Waals surface area contributed by atoms with Crippen molar-refractivity contribution in [2.24, 2.45) is 5.92 Å². The number of aliphatic hydroxyl groups excluding tert-OH is 1. The molecule has 1 atom stereocenters. The first-order chi connectivity index (χ1) is 7.76. The summed E-state index contributed by atoms with van der Waals surface area (Å²) in [6, 6.07) is 5.57. The number of anilines is 1. The van der Waals surface area contributed by atoms with Gasteiger partial charge in [0.1, 0.15) is 11.9 Å². The zero-order chi connectivity index (χ0) is 11.8. The Kier molecular flexibility index (Phi) is 5.30. The van der Waals surface area contributed by atoms with Gasteiger partial charge in [0.05, 0.1) is 5.56 Å². The molecule has 0 aromatic carbocycles. The van der Waals surface area contributed by atoms with Gasteiger partial charge in [0.15, 0.2) is 0 Å². The van der Waals surface area contributed by atoms with Crippen LogP contribution >= 0.6 is 0 Å². The molecule has 1 aromatic heterocycles. The molecule has 0 radical (unpaired) electrons. The quantitative estimate of drug-likeness (QED) is 0.715. The van der Waals surface area contributed by atoms with Crippen molar-refractivity contribution < 1.29 is 5.11 Å². The molecular weight excluding hydrogens is 202 g/mol. The molecule has 0 spiro atoms. The third-order valence-corrected chi connectivity index (χ3v) is 2.38. The number of rotatable bonds is 6. The van der Waals surface area contributed by atoms with Crippen LogP contribution in [0.4, 0.5) is 5.82 Å². The first kappa shape index (κ1) is 12.5. The number of hydrogen-bond donors (Lipinski definition) is 2. The highest BCUT2D eigenvalue weighted by Crippen LogP contribution is 2.07. The summed E-state index contributed by atoms with van der Waals surface area (Å²) in [4.78, 5) is 4.10. The van der Waals surface area contributed by atoms with Crippen LogP contribution in [0.3, 0.4) is 0 Å². The van der Waals surface area contributed by atoms with Crippen LogP contribution in [0.15, 0.2) is 18.3 Å². The summed E-state index contributed by atoms with van der Waals surface area (Å²) in [6.07, 6.45) is 3.56. The molecule has 86 valence electrons. The molecule has 0 fully saturated rings. The zero-order valence-corrected chi connectivity index (χ0v) is 9.48. The highest BCUT2D eigenvalue weighted by atomic mass is 16.3. The van der Waals surface area contributed by atoms with Gasteiger partial charge in [0, 0.05) is 19.3 Å². The van der Waals surface area contributed by atoms with Crippen LogP contribution in [0.1, 0.15) is 25.3 Å². The summed E-state index contributed by atoms with van der Waals surface area (Å²) in [5, 5.41) is 20.6. The molecule has 1 heterocycles. The van der Waals surface area contributed by atoms with Crippen molar-refractivity contribution in [2.75, 3.05) is 18.5 Å². The van der Waals surface area contributed by atoms with Crippen LogP contribution in [0.25, 0.3) is 0 Å².